The van der Waals surface area contributed by atoms with E-state index in [0.29, 0.717) is 10.6 Å². The van der Waals surface area contributed by atoms with Crippen LogP contribution >= 0.6 is 24.0 Å². The smallest absolute Gasteiger partial charge is 0.177 e. The van der Waals surface area contributed by atoms with E-state index in [9.17, 15) is 4.79 Å². The van der Waals surface area contributed by atoms with Gasteiger partial charge in [0.1, 0.15) is 0 Å². The van der Waals surface area contributed by atoms with Crippen LogP contribution in [0, 0.1) is 0 Å². The van der Waals surface area contributed by atoms with Crippen LogP contribution in [0.5, 0.6) is 0 Å². The summed E-state index contributed by atoms with van der Waals surface area (Å²) >= 11 is 5.59. The highest BCUT2D eigenvalue weighted by molar-refractivity contribution is 6.30. The van der Waals surface area contributed by atoms with Crippen molar-refractivity contribution in [2.75, 3.05) is 6.54 Å². The van der Waals surface area contributed by atoms with Gasteiger partial charge < -0.3 is 5.73 Å². The van der Waals surface area contributed by atoms with E-state index in [2.05, 4.69) is 4.98 Å². The summed E-state index contributed by atoms with van der Waals surface area (Å²) in [6.45, 7) is -0.0119. The molecule has 0 fully saturated rings. The molecule has 0 aromatic carbocycles. The molecule has 0 aliphatic carbocycles. The summed E-state index contributed by atoms with van der Waals surface area (Å²) in [6, 6.07) is 1.55. The van der Waals surface area contributed by atoms with Crippen LogP contribution in [0.25, 0.3) is 0 Å². The zero-order chi connectivity index (χ0) is 8.27. The summed E-state index contributed by atoms with van der Waals surface area (Å²) in [7, 11) is 0. The molecule has 1 rings (SSSR count). The first kappa shape index (κ1) is 11.4. The van der Waals surface area contributed by atoms with Gasteiger partial charge in [0.2, 0.25) is 0 Å². The number of nitrogens with zero attached hydrogens (tertiary/aromatic N) is 1. The summed E-state index contributed by atoms with van der Waals surface area (Å²) in [4.78, 5) is 14.7. The molecule has 0 saturated carbocycles. The van der Waals surface area contributed by atoms with E-state index >= 15 is 0 Å². The van der Waals surface area contributed by atoms with Crippen LogP contribution in [0.15, 0.2) is 18.5 Å². The number of halogens is 2. The summed E-state index contributed by atoms with van der Waals surface area (Å²) in [5.41, 5.74) is 5.59. The van der Waals surface area contributed by atoms with Crippen LogP contribution in [0.2, 0.25) is 5.02 Å². The third kappa shape index (κ3) is 2.77. The molecule has 0 bridgehead atoms. The molecule has 0 aliphatic rings. The number of pyridine rings is 1. The molecule has 0 radical (unpaired) electrons. The Labute approximate surface area is 81.3 Å². The lowest BCUT2D eigenvalue weighted by Gasteiger charge is -1.95. The van der Waals surface area contributed by atoms with Crippen LogP contribution in [0.3, 0.4) is 0 Å². The Morgan fingerprint density at radius 3 is 2.75 bits per heavy atom. The number of hydrogen-bond donors (Lipinski definition) is 1. The van der Waals surface area contributed by atoms with Gasteiger partial charge in [0, 0.05) is 18.0 Å². The highest BCUT2D eigenvalue weighted by atomic mass is 35.5. The van der Waals surface area contributed by atoms with Crippen LogP contribution in [-0.2, 0) is 0 Å². The van der Waals surface area contributed by atoms with Gasteiger partial charge in [-0.15, -0.1) is 12.4 Å². The first-order valence-electron chi connectivity index (χ1n) is 3.08. The number of hydrogen-bond acceptors (Lipinski definition) is 3. The lowest BCUT2D eigenvalue weighted by Crippen LogP contribution is -2.13. The number of aromatic nitrogens is 1. The Kier molecular flexibility index (Phi) is 4.81. The second-order valence-corrected chi connectivity index (χ2v) is 2.46. The van der Waals surface area contributed by atoms with E-state index in [4.69, 9.17) is 17.3 Å². The lowest BCUT2D eigenvalue weighted by molar-refractivity contribution is 0.100. The molecule has 0 atom stereocenters. The van der Waals surface area contributed by atoms with Crippen molar-refractivity contribution in [3.05, 3.63) is 29.0 Å². The first-order chi connectivity index (χ1) is 5.24. The molecular formula is C7H8Cl2N2O. The maximum Gasteiger partial charge on any atom is 0.177 e. The monoisotopic (exact) mass is 206 g/mol. The van der Waals surface area contributed by atoms with E-state index in [1.54, 1.807) is 6.07 Å². The van der Waals surface area contributed by atoms with Crippen molar-refractivity contribution in [1.82, 2.24) is 4.98 Å². The number of nitrogens with two attached hydrogens (primary N) is 1. The van der Waals surface area contributed by atoms with Gasteiger partial charge in [-0.2, -0.15) is 0 Å². The molecule has 1 aromatic rings. The van der Waals surface area contributed by atoms with E-state index in [1.165, 1.54) is 12.4 Å². The van der Waals surface area contributed by atoms with Crippen molar-refractivity contribution in [3.63, 3.8) is 0 Å². The Hall–Kier alpha value is -0.640. The molecule has 0 saturated heterocycles. The predicted octanol–water partition coefficient (Wildman–Crippen LogP) is 1.30. The number of Topliss-reactive ketones (excluding diaryl/α,β-unsaturated/α-hetero) is 1. The Balaban J connectivity index is 0.00000121. The number of carbonyl (C=O) groups excluding carboxylic acids is 1. The van der Waals surface area contributed by atoms with Gasteiger partial charge in [0.25, 0.3) is 0 Å². The summed E-state index contributed by atoms with van der Waals surface area (Å²) < 4.78 is 0. The average molecular weight is 207 g/mol. The Morgan fingerprint density at radius 2 is 2.25 bits per heavy atom. The molecule has 0 aliphatic heterocycles. The van der Waals surface area contributed by atoms with Gasteiger partial charge in [-0.1, -0.05) is 11.6 Å². The fourth-order valence-electron chi connectivity index (χ4n) is 0.682. The SMILES string of the molecule is Cl.NCC(=O)c1cncc(Cl)c1. The molecule has 3 nitrogen and oxygen atoms in total. The van der Waals surface area contributed by atoms with Gasteiger partial charge in [-0.05, 0) is 6.07 Å². The quantitative estimate of drug-likeness (QED) is 0.743. The minimum atomic E-state index is -0.153. The molecule has 0 spiro atoms. The molecule has 0 unspecified atom stereocenters. The van der Waals surface area contributed by atoms with Crippen molar-refractivity contribution in [2.45, 2.75) is 0 Å². The molecule has 5 heteroatoms. The maximum atomic E-state index is 10.9. The standard InChI is InChI=1S/C7H7ClN2O.ClH/c8-6-1-5(3-10-4-6)7(11)2-9;/h1,3-4H,2,9H2;1H. The number of rotatable bonds is 2. The molecular weight excluding hydrogens is 199 g/mol. The van der Waals surface area contributed by atoms with Crippen molar-refractivity contribution >= 4 is 29.8 Å². The van der Waals surface area contributed by atoms with Crippen molar-refractivity contribution in [3.8, 4) is 0 Å². The first-order valence-corrected chi connectivity index (χ1v) is 3.45. The average Bonchev–Trinajstić information content (AvgIpc) is 2.03. The molecule has 66 valence electrons. The summed E-state index contributed by atoms with van der Waals surface area (Å²) in [6.07, 6.45) is 2.91. The topological polar surface area (TPSA) is 56.0 Å². The second kappa shape index (κ2) is 5.09. The zero-order valence-corrected chi connectivity index (χ0v) is 7.73. The highest BCUT2D eigenvalue weighted by Gasteiger charge is 2.02. The third-order valence-electron chi connectivity index (χ3n) is 1.21. The summed E-state index contributed by atoms with van der Waals surface area (Å²) in [5, 5.41) is 0.448. The molecule has 0 amide bonds. The Morgan fingerprint density at radius 1 is 1.58 bits per heavy atom. The summed E-state index contributed by atoms with van der Waals surface area (Å²) in [5.74, 6) is -0.153. The zero-order valence-electron chi connectivity index (χ0n) is 6.16. The normalized spacial score (nSPS) is 8.83. The fourth-order valence-corrected chi connectivity index (χ4v) is 0.856. The molecule has 1 aromatic heterocycles. The minimum absolute atomic E-state index is 0. The minimum Gasteiger partial charge on any atom is -0.324 e. The third-order valence-corrected chi connectivity index (χ3v) is 1.42. The fraction of sp³-hybridized carbons (Fsp3) is 0.143. The van der Waals surface area contributed by atoms with Crippen molar-refractivity contribution in [1.29, 1.82) is 0 Å². The molecule has 12 heavy (non-hydrogen) atoms. The number of ketones is 1. The van der Waals surface area contributed by atoms with Gasteiger partial charge >= 0.3 is 0 Å². The molecule has 1 heterocycles. The van der Waals surface area contributed by atoms with Gasteiger partial charge in [-0.3, -0.25) is 9.78 Å². The van der Waals surface area contributed by atoms with E-state index in [-0.39, 0.29) is 24.7 Å². The highest BCUT2D eigenvalue weighted by Crippen LogP contribution is 2.08. The predicted molar refractivity (Wildman–Crippen MR) is 49.9 cm³/mol. The van der Waals surface area contributed by atoms with E-state index in [1.807, 2.05) is 0 Å². The largest absolute Gasteiger partial charge is 0.324 e. The van der Waals surface area contributed by atoms with Crippen molar-refractivity contribution in [2.24, 2.45) is 5.73 Å². The van der Waals surface area contributed by atoms with Gasteiger partial charge in [-0.25, -0.2) is 0 Å². The van der Waals surface area contributed by atoms with Crippen LogP contribution < -0.4 is 5.73 Å². The maximum absolute atomic E-state index is 10.9. The Bertz CT molecular complexity index is 278. The lowest BCUT2D eigenvalue weighted by atomic mass is 10.2. The van der Waals surface area contributed by atoms with Crippen molar-refractivity contribution < 1.29 is 4.79 Å². The van der Waals surface area contributed by atoms with E-state index in [0.717, 1.165) is 0 Å². The molecule has 2 N–H and O–H groups in total. The van der Waals surface area contributed by atoms with Crippen LogP contribution in [0.4, 0.5) is 0 Å². The van der Waals surface area contributed by atoms with Gasteiger partial charge in [0.05, 0.1) is 11.6 Å². The second-order valence-electron chi connectivity index (χ2n) is 2.02. The van der Waals surface area contributed by atoms with E-state index < -0.39 is 0 Å². The van der Waals surface area contributed by atoms with Gasteiger partial charge in [0.15, 0.2) is 5.78 Å². The van der Waals surface area contributed by atoms with Crippen LogP contribution in [-0.4, -0.2) is 17.3 Å². The van der Waals surface area contributed by atoms with Crippen LogP contribution in [0.1, 0.15) is 10.4 Å². The number of carbonyl (C=O) groups is 1.